The summed E-state index contributed by atoms with van der Waals surface area (Å²) in [6.07, 6.45) is -1.20. The number of ether oxygens (including phenoxy) is 1. The Morgan fingerprint density at radius 1 is 1.35 bits per heavy atom. The molecule has 0 aliphatic heterocycles. The van der Waals surface area contributed by atoms with Gasteiger partial charge in [-0.05, 0) is 0 Å². The highest BCUT2D eigenvalue weighted by molar-refractivity contribution is 6.37. The summed E-state index contributed by atoms with van der Waals surface area (Å²) in [5, 5.41) is 19.6. The van der Waals surface area contributed by atoms with E-state index in [-0.39, 0.29) is 21.5 Å². The second kappa shape index (κ2) is 5.85. The third kappa shape index (κ3) is 3.74. The Balaban J connectivity index is 3.21. The quantitative estimate of drug-likeness (QED) is 0.673. The van der Waals surface area contributed by atoms with E-state index in [4.69, 9.17) is 27.9 Å². The number of non-ortho nitro benzene ring substituents is 1. The molecule has 0 radical (unpaired) electrons. The molecule has 110 valence electrons. The average Bonchev–Trinajstić information content (AvgIpc) is 2.25. The molecule has 0 aliphatic carbocycles. The summed E-state index contributed by atoms with van der Waals surface area (Å²) in [5.41, 5.74) is -1.00. The first-order valence-electron chi connectivity index (χ1n) is 5.57. The van der Waals surface area contributed by atoms with Crippen molar-refractivity contribution in [1.82, 2.24) is 0 Å². The molecule has 1 rings (SSSR count). The molecule has 0 aromatic heterocycles. The molecule has 0 saturated carbocycles. The minimum atomic E-state index is -1.20. The first-order chi connectivity index (χ1) is 9.04. The van der Waals surface area contributed by atoms with Crippen LogP contribution in [0.25, 0.3) is 0 Å². The van der Waals surface area contributed by atoms with Gasteiger partial charge in [-0.15, -0.1) is 0 Å². The van der Waals surface area contributed by atoms with E-state index in [1.807, 2.05) is 0 Å². The fourth-order valence-corrected chi connectivity index (χ4v) is 2.04. The second-order valence-electron chi connectivity index (χ2n) is 5.20. The van der Waals surface area contributed by atoms with Crippen molar-refractivity contribution in [2.45, 2.75) is 26.9 Å². The van der Waals surface area contributed by atoms with Crippen LogP contribution in [0, 0.1) is 15.5 Å². The van der Waals surface area contributed by atoms with Gasteiger partial charge in [-0.2, -0.15) is 0 Å². The molecule has 1 N–H and O–H groups in total. The molecule has 0 aliphatic rings. The number of aliphatic carboxylic acids is 1. The van der Waals surface area contributed by atoms with E-state index in [0.717, 1.165) is 12.1 Å². The molecule has 0 bridgehead atoms. The predicted molar refractivity (Wildman–Crippen MR) is 74.6 cm³/mol. The van der Waals surface area contributed by atoms with Gasteiger partial charge in [0.1, 0.15) is 0 Å². The topological polar surface area (TPSA) is 89.7 Å². The van der Waals surface area contributed by atoms with Crippen molar-refractivity contribution in [2.75, 3.05) is 0 Å². The Hall–Kier alpha value is -1.53. The van der Waals surface area contributed by atoms with Crippen LogP contribution in [0.5, 0.6) is 5.75 Å². The van der Waals surface area contributed by atoms with E-state index < -0.39 is 22.4 Å². The lowest BCUT2D eigenvalue weighted by Gasteiger charge is -2.28. The number of carboxylic acid groups (broad SMARTS) is 1. The molecule has 1 atom stereocenters. The number of nitro benzene ring substituents is 1. The van der Waals surface area contributed by atoms with Crippen LogP contribution in [0.1, 0.15) is 20.8 Å². The molecular weight excluding hydrogens is 309 g/mol. The first-order valence-corrected chi connectivity index (χ1v) is 6.32. The minimum absolute atomic E-state index is 0.0822. The fraction of sp³-hybridized carbons (Fsp3) is 0.417. The van der Waals surface area contributed by atoms with Crippen molar-refractivity contribution >= 4 is 34.9 Å². The van der Waals surface area contributed by atoms with E-state index >= 15 is 0 Å². The monoisotopic (exact) mass is 321 g/mol. The maximum absolute atomic E-state index is 11.2. The summed E-state index contributed by atoms with van der Waals surface area (Å²) in [6.45, 7) is 5.04. The van der Waals surface area contributed by atoms with Gasteiger partial charge in [-0.1, -0.05) is 44.0 Å². The number of nitrogens with zero attached hydrogens (tertiary/aromatic N) is 1. The lowest BCUT2D eigenvalue weighted by atomic mass is 9.89. The number of carbonyl (C=O) groups is 1. The zero-order valence-electron chi connectivity index (χ0n) is 11.0. The fourth-order valence-electron chi connectivity index (χ4n) is 1.48. The summed E-state index contributed by atoms with van der Waals surface area (Å²) in [5.74, 6) is -1.26. The molecule has 0 saturated heterocycles. The standard InChI is InChI=1S/C12H13Cl2NO5/c1-12(2,3)10(11(16)17)20-9-7(13)4-6(15(18)19)5-8(9)14/h4-5,10H,1-3H3,(H,16,17). The molecule has 1 aromatic carbocycles. The molecule has 1 unspecified atom stereocenters. The van der Waals surface area contributed by atoms with E-state index in [1.165, 1.54) is 0 Å². The molecule has 0 heterocycles. The van der Waals surface area contributed by atoms with Gasteiger partial charge < -0.3 is 9.84 Å². The van der Waals surface area contributed by atoms with Crippen LogP contribution in [0.4, 0.5) is 5.69 Å². The highest BCUT2D eigenvalue weighted by atomic mass is 35.5. The lowest BCUT2D eigenvalue weighted by Crippen LogP contribution is -2.39. The maximum Gasteiger partial charge on any atom is 0.345 e. The Labute approximate surface area is 125 Å². The van der Waals surface area contributed by atoms with Crippen LogP contribution in [0.15, 0.2) is 12.1 Å². The summed E-state index contributed by atoms with van der Waals surface area (Å²) in [7, 11) is 0. The molecule has 1 aromatic rings. The van der Waals surface area contributed by atoms with Crippen molar-refractivity contribution in [1.29, 1.82) is 0 Å². The van der Waals surface area contributed by atoms with E-state index in [2.05, 4.69) is 0 Å². The van der Waals surface area contributed by atoms with Crippen molar-refractivity contribution in [3.05, 3.63) is 32.3 Å². The molecule has 0 fully saturated rings. The van der Waals surface area contributed by atoms with Crippen molar-refractivity contribution in [3.63, 3.8) is 0 Å². The SMILES string of the molecule is CC(C)(C)C(Oc1c(Cl)cc([N+](=O)[O-])cc1Cl)C(=O)O. The Morgan fingerprint density at radius 3 is 2.10 bits per heavy atom. The van der Waals surface area contributed by atoms with Gasteiger partial charge in [0.05, 0.1) is 15.0 Å². The lowest BCUT2D eigenvalue weighted by molar-refractivity contribution is -0.384. The number of benzene rings is 1. The number of hydrogen-bond donors (Lipinski definition) is 1. The highest BCUT2D eigenvalue weighted by Crippen LogP contribution is 2.39. The summed E-state index contributed by atoms with van der Waals surface area (Å²) >= 11 is 11.7. The number of nitro groups is 1. The third-order valence-corrected chi connectivity index (χ3v) is 3.00. The largest absolute Gasteiger partial charge is 0.478 e. The second-order valence-corrected chi connectivity index (χ2v) is 6.01. The summed E-state index contributed by atoms with van der Waals surface area (Å²) in [6, 6.07) is 2.12. The van der Waals surface area contributed by atoms with Gasteiger partial charge in [0, 0.05) is 17.5 Å². The number of hydrogen-bond acceptors (Lipinski definition) is 4. The Kier molecular flexibility index (Phi) is 4.83. The zero-order valence-corrected chi connectivity index (χ0v) is 12.5. The number of rotatable bonds is 4. The average molecular weight is 322 g/mol. The normalized spacial score (nSPS) is 12.8. The first kappa shape index (κ1) is 16.5. The Bertz CT molecular complexity index is 530. The van der Waals surface area contributed by atoms with Gasteiger partial charge in [-0.25, -0.2) is 4.79 Å². The molecule has 6 nitrogen and oxygen atoms in total. The molecule has 0 spiro atoms. The molecular formula is C12H13Cl2NO5. The van der Waals surface area contributed by atoms with Crippen LogP contribution >= 0.6 is 23.2 Å². The smallest absolute Gasteiger partial charge is 0.345 e. The van der Waals surface area contributed by atoms with Crippen molar-refractivity contribution < 1.29 is 19.6 Å². The van der Waals surface area contributed by atoms with Crippen LogP contribution in [-0.2, 0) is 4.79 Å². The molecule has 20 heavy (non-hydrogen) atoms. The summed E-state index contributed by atoms with van der Waals surface area (Å²) < 4.78 is 5.35. The van der Waals surface area contributed by atoms with Gasteiger partial charge in [0.2, 0.25) is 6.10 Å². The third-order valence-electron chi connectivity index (χ3n) is 2.44. The van der Waals surface area contributed by atoms with Crippen LogP contribution in [0.2, 0.25) is 10.0 Å². The minimum Gasteiger partial charge on any atom is -0.478 e. The van der Waals surface area contributed by atoms with Crippen molar-refractivity contribution in [3.8, 4) is 5.75 Å². The number of halogens is 2. The van der Waals surface area contributed by atoms with Gasteiger partial charge >= 0.3 is 5.97 Å². The van der Waals surface area contributed by atoms with Gasteiger partial charge in [0.25, 0.3) is 5.69 Å². The van der Waals surface area contributed by atoms with Crippen LogP contribution in [0.3, 0.4) is 0 Å². The Morgan fingerprint density at radius 2 is 1.80 bits per heavy atom. The predicted octanol–water partition coefficient (Wildman–Crippen LogP) is 3.78. The maximum atomic E-state index is 11.2. The van der Waals surface area contributed by atoms with Crippen molar-refractivity contribution in [2.24, 2.45) is 5.41 Å². The molecule has 0 amide bonds. The highest BCUT2D eigenvalue weighted by Gasteiger charge is 2.34. The summed E-state index contributed by atoms with van der Waals surface area (Å²) in [4.78, 5) is 21.2. The zero-order chi connectivity index (χ0) is 15.7. The number of carboxylic acids is 1. The van der Waals surface area contributed by atoms with Crippen LogP contribution < -0.4 is 4.74 Å². The van der Waals surface area contributed by atoms with E-state index in [0.29, 0.717) is 0 Å². The van der Waals surface area contributed by atoms with Crippen LogP contribution in [-0.4, -0.2) is 22.1 Å². The molecule has 8 heteroatoms. The van der Waals surface area contributed by atoms with Gasteiger partial charge in [0.15, 0.2) is 5.75 Å². The van der Waals surface area contributed by atoms with Gasteiger partial charge in [-0.3, -0.25) is 10.1 Å². The van der Waals surface area contributed by atoms with E-state index in [1.54, 1.807) is 20.8 Å². The van der Waals surface area contributed by atoms with E-state index in [9.17, 15) is 20.0 Å².